The fourth-order valence-corrected chi connectivity index (χ4v) is 3.93. The maximum Gasteiger partial charge on any atom is 0.197 e. The van der Waals surface area contributed by atoms with Gasteiger partial charge in [-0.3, -0.25) is 4.79 Å². The van der Waals surface area contributed by atoms with Crippen molar-refractivity contribution in [2.24, 2.45) is 0 Å². The van der Waals surface area contributed by atoms with Crippen molar-refractivity contribution in [3.63, 3.8) is 0 Å². The molecule has 3 aromatic rings. The van der Waals surface area contributed by atoms with Gasteiger partial charge in [0.05, 0.1) is 10.4 Å². The van der Waals surface area contributed by atoms with Crippen LogP contribution in [0.3, 0.4) is 0 Å². The van der Waals surface area contributed by atoms with Gasteiger partial charge in [0.15, 0.2) is 5.43 Å². The van der Waals surface area contributed by atoms with Crippen LogP contribution in [0.5, 0.6) is 0 Å². The summed E-state index contributed by atoms with van der Waals surface area (Å²) in [5.41, 5.74) is 1.07. The second-order valence-electron chi connectivity index (χ2n) is 4.92. The summed E-state index contributed by atoms with van der Waals surface area (Å²) in [5.74, 6) is 0.313. The van der Waals surface area contributed by atoms with E-state index in [1.807, 2.05) is 36.4 Å². The third-order valence-electron chi connectivity index (χ3n) is 3.33. The van der Waals surface area contributed by atoms with Gasteiger partial charge in [0, 0.05) is 14.8 Å². The highest BCUT2D eigenvalue weighted by Gasteiger charge is 2.13. The monoisotopic (exact) mass is 288 g/mol. The summed E-state index contributed by atoms with van der Waals surface area (Å²) in [6.45, 7) is 4.17. The van der Waals surface area contributed by atoms with Crippen molar-refractivity contribution in [1.29, 1.82) is 0 Å². The van der Waals surface area contributed by atoms with E-state index in [1.165, 1.54) is 0 Å². The summed E-state index contributed by atoms with van der Waals surface area (Å²) in [4.78, 5) is 12.6. The van der Waals surface area contributed by atoms with Gasteiger partial charge in [0.1, 0.15) is 0 Å². The molecule has 0 amide bonds. The van der Waals surface area contributed by atoms with Crippen molar-refractivity contribution in [2.45, 2.75) is 19.8 Å². The lowest BCUT2D eigenvalue weighted by atomic mass is 10.0. The highest BCUT2D eigenvalue weighted by Crippen LogP contribution is 2.34. The van der Waals surface area contributed by atoms with Crippen molar-refractivity contribution < 1.29 is 0 Å². The van der Waals surface area contributed by atoms with Gasteiger partial charge in [-0.05, 0) is 29.7 Å². The molecule has 19 heavy (non-hydrogen) atoms. The minimum absolute atomic E-state index is 0.0388. The molecule has 0 bridgehead atoms. The average molecular weight is 289 g/mol. The Morgan fingerprint density at radius 1 is 1.05 bits per heavy atom. The van der Waals surface area contributed by atoms with Crippen LogP contribution in [-0.4, -0.2) is 0 Å². The first kappa shape index (κ1) is 12.6. The minimum atomic E-state index is 0.0388. The number of rotatable bonds is 1. The molecule has 0 saturated heterocycles. The Bertz CT molecular complexity index is 833. The molecule has 1 heterocycles. The molecule has 0 aliphatic rings. The predicted octanol–water partition coefficient (Wildman–Crippen LogP) is 5.19. The molecular formula is C16H13ClOS. The van der Waals surface area contributed by atoms with E-state index < -0.39 is 0 Å². The van der Waals surface area contributed by atoms with Gasteiger partial charge in [0.2, 0.25) is 0 Å². The number of benzene rings is 2. The van der Waals surface area contributed by atoms with Crippen LogP contribution in [0.2, 0.25) is 5.02 Å². The zero-order valence-electron chi connectivity index (χ0n) is 10.7. The van der Waals surface area contributed by atoms with E-state index in [1.54, 1.807) is 11.3 Å². The van der Waals surface area contributed by atoms with Crippen LogP contribution in [0.15, 0.2) is 41.2 Å². The number of halogens is 1. The van der Waals surface area contributed by atoms with E-state index in [4.69, 9.17) is 11.6 Å². The van der Waals surface area contributed by atoms with E-state index in [-0.39, 0.29) is 5.43 Å². The van der Waals surface area contributed by atoms with E-state index in [9.17, 15) is 4.79 Å². The summed E-state index contributed by atoms with van der Waals surface area (Å²) in [7, 11) is 0. The molecule has 0 radical (unpaired) electrons. The van der Waals surface area contributed by atoms with Crippen LogP contribution in [-0.2, 0) is 0 Å². The van der Waals surface area contributed by atoms with E-state index >= 15 is 0 Å². The Morgan fingerprint density at radius 3 is 2.53 bits per heavy atom. The lowest BCUT2D eigenvalue weighted by Gasteiger charge is -2.10. The Balaban J connectivity index is 2.53. The first-order valence-corrected chi connectivity index (χ1v) is 7.43. The zero-order valence-corrected chi connectivity index (χ0v) is 12.3. The number of hydrogen-bond acceptors (Lipinski definition) is 2. The highest BCUT2D eigenvalue weighted by atomic mass is 35.5. The summed E-state index contributed by atoms with van der Waals surface area (Å²) < 4.78 is 1.96. The van der Waals surface area contributed by atoms with Crippen LogP contribution >= 0.6 is 22.9 Å². The van der Waals surface area contributed by atoms with Crippen LogP contribution in [0, 0.1) is 0 Å². The van der Waals surface area contributed by atoms with E-state index in [2.05, 4.69) is 13.8 Å². The second kappa shape index (κ2) is 4.62. The van der Waals surface area contributed by atoms with E-state index in [0.717, 1.165) is 20.3 Å². The quantitative estimate of drug-likeness (QED) is 0.563. The molecule has 0 fully saturated rings. The number of fused-ring (bicyclic) bond motifs is 2. The maximum atomic E-state index is 12.6. The molecule has 3 heteroatoms. The molecule has 0 saturated carbocycles. The first-order chi connectivity index (χ1) is 9.09. The van der Waals surface area contributed by atoms with Gasteiger partial charge in [0.25, 0.3) is 0 Å². The van der Waals surface area contributed by atoms with Gasteiger partial charge in [-0.2, -0.15) is 0 Å². The molecule has 1 nitrogen and oxygen atoms in total. The topological polar surface area (TPSA) is 17.1 Å². The molecule has 0 aliphatic heterocycles. The molecule has 0 N–H and O–H groups in total. The Labute approximate surface area is 120 Å². The van der Waals surface area contributed by atoms with E-state index in [0.29, 0.717) is 16.3 Å². The van der Waals surface area contributed by atoms with Gasteiger partial charge in [-0.15, -0.1) is 11.3 Å². The van der Waals surface area contributed by atoms with Crippen LogP contribution in [0.1, 0.15) is 25.3 Å². The smallest absolute Gasteiger partial charge is 0.197 e. The fourth-order valence-electron chi connectivity index (χ4n) is 2.31. The average Bonchev–Trinajstić information content (AvgIpc) is 2.38. The standard InChI is InChI=1S/C16H13ClOS/c1-9(2)10-7-8-13-14(15(10)17)16(18)11-5-3-4-6-12(11)19-13/h3-9H,1-2H3. The summed E-state index contributed by atoms with van der Waals surface area (Å²) in [6, 6.07) is 11.7. The van der Waals surface area contributed by atoms with Gasteiger partial charge >= 0.3 is 0 Å². The molecule has 0 atom stereocenters. The van der Waals surface area contributed by atoms with Crippen molar-refractivity contribution in [2.75, 3.05) is 0 Å². The SMILES string of the molecule is CC(C)c1ccc2sc3ccccc3c(=O)c2c1Cl. The summed E-state index contributed by atoms with van der Waals surface area (Å²) in [5, 5.41) is 2.03. The molecule has 0 unspecified atom stereocenters. The fraction of sp³-hybridized carbons (Fsp3) is 0.188. The van der Waals surface area contributed by atoms with Crippen molar-refractivity contribution in [3.05, 3.63) is 57.2 Å². The second-order valence-corrected chi connectivity index (χ2v) is 6.39. The van der Waals surface area contributed by atoms with Crippen LogP contribution in [0.25, 0.3) is 20.2 Å². The molecule has 0 aliphatic carbocycles. The Morgan fingerprint density at radius 2 is 1.79 bits per heavy atom. The highest BCUT2D eigenvalue weighted by molar-refractivity contribution is 7.24. The van der Waals surface area contributed by atoms with Gasteiger partial charge in [-0.25, -0.2) is 0 Å². The summed E-state index contributed by atoms with van der Waals surface area (Å²) >= 11 is 8.06. The summed E-state index contributed by atoms with van der Waals surface area (Å²) in [6.07, 6.45) is 0. The normalized spacial score (nSPS) is 11.6. The zero-order chi connectivity index (χ0) is 13.6. The predicted molar refractivity (Wildman–Crippen MR) is 84.7 cm³/mol. The van der Waals surface area contributed by atoms with Gasteiger partial charge < -0.3 is 0 Å². The first-order valence-electron chi connectivity index (χ1n) is 6.23. The largest absolute Gasteiger partial charge is 0.288 e. The van der Waals surface area contributed by atoms with Crippen molar-refractivity contribution in [1.82, 2.24) is 0 Å². The molecule has 0 spiro atoms. The van der Waals surface area contributed by atoms with Gasteiger partial charge in [-0.1, -0.05) is 43.6 Å². The molecule has 1 aromatic heterocycles. The molecular weight excluding hydrogens is 276 g/mol. The lowest BCUT2D eigenvalue weighted by molar-refractivity contribution is 0.869. The third kappa shape index (κ3) is 1.96. The number of hydrogen-bond donors (Lipinski definition) is 0. The van der Waals surface area contributed by atoms with Crippen LogP contribution in [0.4, 0.5) is 0 Å². The third-order valence-corrected chi connectivity index (χ3v) is 4.88. The lowest BCUT2D eigenvalue weighted by Crippen LogP contribution is -2.03. The Hall–Kier alpha value is -1.38. The molecule has 2 aromatic carbocycles. The van der Waals surface area contributed by atoms with Crippen molar-refractivity contribution in [3.8, 4) is 0 Å². The van der Waals surface area contributed by atoms with Crippen molar-refractivity contribution >= 4 is 43.1 Å². The maximum absolute atomic E-state index is 12.6. The van der Waals surface area contributed by atoms with Crippen LogP contribution < -0.4 is 5.43 Å². The molecule has 96 valence electrons. The minimum Gasteiger partial charge on any atom is -0.288 e. The Kier molecular flexibility index (Phi) is 3.08. The molecule has 3 rings (SSSR count).